The summed E-state index contributed by atoms with van der Waals surface area (Å²) in [5.41, 5.74) is 1.79. The minimum atomic E-state index is 1.38. The van der Waals surface area contributed by atoms with Crippen molar-refractivity contribution in [3.05, 3.63) is 268 Å². The summed E-state index contributed by atoms with van der Waals surface area (Å²) in [6, 6.07) is 26.4. The second-order valence-corrected chi connectivity index (χ2v) is 12.0. The molecular formula is C44H45N15O3S3. The number of H-pyrrole nitrogens is 1. The third-order valence-corrected chi connectivity index (χ3v) is 6.81. The molecular weight excluding hydrogens is 883 g/mol. The van der Waals surface area contributed by atoms with Crippen LogP contribution >= 0.6 is 34.2 Å². The van der Waals surface area contributed by atoms with Crippen molar-refractivity contribution in [1.82, 2.24) is 74.6 Å². The van der Waals surface area contributed by atoms with Crippen LogP contribution in [0.3, 0.4) is 0 Å². The maximum atomic E-state index is 4.58. The smallest absolute Gasteiger partial charge is 0.180 e. The van der Waals surface area contributed by atoms with Gasteiger partial charge in [-0.15, -0.1) is 11.3 Å². The van der Waals surface area contributed by atoms with Crippen molar-refractivity contribution in [3.63, 3.8) is 0 Å². The van der Waals surface area contributed by atoms with Gasteiger partial charge >= 0.3 is 0 Å². The fourth-order valence-corrected chi connectivity index (χ4v) is 3.87. The van der Waals surface area contributed by atoms with Gasteiger partial charge in [-0.25, -0.2) is 34.3 Å². The first-order chi connectivity index (χ1) is 32.5. The first-order valence-electron chi connectivity index (χ1n) is 18.4. The molecule has 0 saturated carbocycles. The largest absolute Gasteiger partial charge is 0.473 e. The molecule has 12 aromatic rings. The molecule has 12 rings (SSSR count). The fraction of sp³-hybridized carbons (Fsp3) is 0. The van der Waals surface area contributed by atoms with Crippen molar-refractivity contribution in [1.29, 1.82) is 0 Å². The molecule has 18 nitrogen and oxygen atoms in total. The zero-order valence-corrected chi connectivity index (χ0v) is 37.1. The van der Waals surface area contributed by atoms with Gasteiger partial charge in [0.05, 0.1) is 30.4 Å². The molecule has 0 aromatic carbocycles. The Bertz CT molecular complexity index is 1620. The lowest BCUT2D eigenvalue weighted by Crippen LogP contribution is -1.73. The molecule has 65 heavy (non-hydrogen) atoms. The van der Waals surface area contributed by atoms with Crippen LogP contribution in [0.4, 0.5) is 0 Å². The van der Waals surface area contributed by atoms with Crippen LogP contribution in [0.1, 0.15) is 0 Å². The average Bonchev–Trinajstić information content (AvgIpc) is 4.28. The van der Waals surface area contributed by atoms with Crippen LogP contribution in [0.25, 0.3) is 0 Å². The Kier molecular flexibility index (Phi) is 43.1. The molecule has 0 atom stereocenters. The number of pyridine rings is 1. The summed E-state index contributed by atoms with van der Waals surface area (Å²) in [7, 11) is 0. The van der Waals surface area contributed by atoms with Crippen molar-refractivity contribution in [2.75, 3.05) is 0 Å². The van der Waals surface area contributed by atoms with Gasteiger partial charge in [0.1, 0.15) is 37.8 Å². The molecule has 332 valence electrons. The Hall–Kier alpha value is -8.66. The van der Waals surface area contributed by atoms with E-state index in [2.05, 4.69) is 87.9 Å². The van der Waals surface area contributed by atoms with Gasteiger partial charge < -0.3 is 18.3 Å². The van der Waals surface area contributed by atoms with Gasteiger partial charge in [0.2, 0.25) is 0 Å². The van der Waals surface area contributed by atoms with Crippen LogP contribution < -0.4 is 0 Å². The normalized spacial score (nSPS) is 8.00. The minimum absolute atomic E-state index is 1.38. The van der Waals surface area contributed by atoms with Crippen LogP contribution in [0.5, 0.6) is 0 Å². The molecule has 12 aromatic heterocycles. The lowest BCUT2D eigenvalue weighted by atomic mass is 10.5. The second kappa shape index (κ2) is 51.5. The molecule has 0 fully saturated rings. The Balaban J connectivity index is 0.000000355. The lowest BCUT2D eigenvalue weighted by molar-refractivity contribution is 0.420. The van der Waals surface area contributed by atoms with Gasteiger partial charge in [0, 0.05) is 97.5 Å². The van der Waals surface area contributed by atoms with Gasteiger partial charge in [-0.1, -0.05) is 23.4 Å². The van der Waals surface area contributed by atoms with E-state index in [9.17, 15) is 0 Å². The summed E-state index contributed by atoms with van der Waals surface area (Å²) in [4.78, 5) is 39.4. The monoisotopic (exact) mass is 927 g/mol. The molecule has 0 aliphatic heterocycles. The number of aromatic amines is 1. The molecule has 0 aliphatic carbocycles. The summed E-state index contributed by atoms with van der Waals surface area (Å²) in [5.74, 6) is 0. The van der Waals surface area contributed by atoms with Gasteiger partial charge in [0.15, 0.2) is 6.39 Å². The number of nitrogens with one attached hydrogen (secondary N) is 1. The van der Waals surface area contributed by atoms with Crippen molar-refractivity contribution in [2.24, 2.45) is 0 Å². The van der Waals surface area contributed by atoms with E-state index in [0.717, 1.165) is 0 Å². The van der Waals surface area contributed by atoms with Crippen LogP contribution in [-0.2, 0) is 0 Å². The number of hydrogen-bond donors (Lipinski definition) is 1. The third kappa shape index (κ3) is 49.6. The third-order valence-electron chi connectivity index (χ3n) is 5.14. The molecule has 12 heterocycles. The van der Waals surface area contributed by atoms with Crippen LogP contribution in [0.2, 0.25) is 0 Å². The molecule has 0 bridgehead atoms. The van der Waals surface area contributed by atoms with Crippen molar-refractivity contribution >= 4 is 34.2 Å². The standard InChI is InChI=1S/C5H5N.3C4H4N2.C4H5N.C4H4O.C4H4S.C3H3N3.2C3H3NO.2C3H3NS/c1-2-4-6-5-3-1;1-2-6-4-3-5-1;1-2-5-4-6-3-1;1-2-4-6-5-3-1;3*1-2-4-5-3-1;1-4-2-6-3-5-1;1-2-5-3-4-1;1-2-4-5-3-1;1-2-5-3-4-1;1-2-4-5-3-1/h1-5H;3*1-4H;1-5H;2*1-4H;1-3H;4*1-3H. The highest BCUT2D eigenvalue weighted by molar-refractivity contribution is 7.07. The van der Waals surface area contributed by atoms with Gasteiger partial charge in [-0.2, -0.15) is 21.5 Å². The number of rotatable bonds is 0. The first-order valence-corrected chi connectivity index (χ1v) is 21.1. The van der Waals surface area contributed by atoms with E-state index < -0.39 is 0 Å². The Morgan fingerprint density at radius 3 is 1.14 bits per heavy atom. The summed E-state index contributed by atoms with van der Waals surface area (Å²) in [6.07, 6.45) is 40.6. The number of furan rings is 1. The van der Waals surface area contributed by atoms with E-state index in [1.54, 1.807) is 140 Å². The number of oxazole rings is 1. The maximum absolute atomic E-state index is 4.58. The van der Waals surface area contributed by atoms with E-state index in [1.807, 2.05) is 107 Å². The molecule has 0 amide bonds. The Morgan fingerprint density at radius 2 is 0.954 bits per heavy atom. The molecule has 0 aliphatic rings. The highest BCUT2D eigenvalue weighted by Gasteiger charge is 1.65. The molecule has 0 unspecified atom stereocenters. The number of hydrogen-bond acceptors (Lipinski definition) is 20. The molecule has 0 spiro atoms. The maximum Gasteiger partial charge on any atom is 0.180 e. The Labute approximate surface area is 388 Å². The SMILES string of the molecule is c1cc[nH]c1.c1ccncc1.c1ccnnc1.c1ccoc1.c1ccsc1.c1cnccn1.c1cncnc1.c1cnoc1.c1cnsc1.c1cocn1.c1cscn1.c1ncncn1. The molecule has 0 saturated heterocycles. The van der Waals surface area contributed by atoms with E-state index in [1.165, 1.54) is 55.8 Å². The summed E-state index contributed by atoms with van der Waals surface area (Å²) >= 11 is 4.78. The number of thiophene rings is 1. The minimum Gasteiger partial charge on any atom is -0.473 e. The number of thiazole rings is 1. The van der Waals surface area contributed by atoms with E-state index in [4.69, 9.17) is 0 Å². The number of nitrogens with zero attached hydrogens (tertiary/aromatic N) is 14. The van der Waals surface area contributed by atoms with Crippen molar-refractivity contribution < 1.29 is 13.4 Å². The summed E-state index contributed by atoms with van der Waals surface area (Å²) in [5, 5.41) is 18.4. The zero-order chi connectivity index (χ0) is 46.0. The summed E-state index contributed by atoms with van der Waals surface area (Å²) < 4.78 is 17.2. The predicted octanol–water partition coefficient (Wildman–Crippen LogP) is 10.1. The van der Waals surface area contributed by atoms with E-state index in [0.29, 0.717) is 0 Å². The Morgan fingerprint density at radius 1 is 0.338 bits per heavy atom. The molecule has 0 radical (unpaired) electrons. The highest BCUT2D eigenvalue weighted by Crippen LogP contribution is 1.91. The average molecular weight is 928 g/mol. The van der Waals surface area contributed by atoms with Gasteiger partial charge in [0.25, 0.3) is 0 Å². The quantitative estimate of drug-likeness (QED) is 0.149. The van der Waals surface area contributed by atoms with Crippen LogP contribution in [0, 0.1) is 0 Å². The van der Waals surface area contributed by atoms with Crippen molar-refractivity contribution in [3.8, 4) is 0 Å². The summed E-state index contributed by atoms with van der Waals surface area (Å²) in [6.45, 7) is 0. The van der Waals surface area contributed by atoms with Gasteiger partial charge in [-0.3, -0.25) is 19.9 Å². The highest BCUT2D eigenvalue weighted by atomic mass is 32.1. The van der Waals surface area contributed by atoms with E-state index in [-0.39, 0.29) is 0 Å². The second-order valence-electron chi connectivity index (χ2n) is 9.73. The number of aromatic nitrogens is 15. The predicted molar refractivity (Wildman–Crippen MR) is 251 cm³/mol. The van der Waals surface area contributed by atoms with E-state index >= 15 is 0 Å². The lowest BCUT2D eigenvalue weighted by Gasteiger charge is -1.70. The topological polar surface area (TPSA) is 236 Å². The molecule has 21 heteroatoms. The zero-order valence-electron chi connectivity index (χ0n) is 34.6. The van der Waals surface area contributed by atoms with Gasteiger partial charge in [-0.05, 0) is 89.0 Å². The fourth-order valence-electron chi connectivity index (χ4n) is 2.71. The first kappa shape index (κ1) is 54.4. The van der Waals surface area contributed by atoms with Crippen LogP contribution in [0.15, 0.2) is 281 Å². The molecule has 1 N–H and O–H groups in total. The van der Waals surface area contributed by atoms with Crippen LogP contribution in [-0.4, -0.2) is 74.6 Å². The van der Waals surface area contributed by atoms with Crippen molar-refractivity contribution in [2.45, 2.75) is 0 Å².